The van der Waals surface area contributed by atoms with E-state index in [2.05, 4.69) is 10.1 Å². The molecule has 0 amide bonds. The molecule has 0 aliphatic heterocycles. The maximum absolute atomic E-state index is 12.4. The van der Waals surface area contributed by atoms with Gasteiger partial charge in [0.2, 0.25) is 4.77 Å². The van der Waals surface area contributed by atoms with Crippen LogP contribution in [0.3, 0.4) is 0 Å². The van der Waals surface area contributed by atoms with E-state index in [0.717, 1.165) is 4.68 Å². The van der Waals surface area contributed by atoms with Crippen molar-refractivity contribution in [2.75, 3.05) is 0 Å². The van der Waals surface area contributed by atoms with Crippen molar-refractivity contribution in [1.29, 1.82) is 0 Å². The lowest BCUT2D eigenvalue weighted by molar-refractivity contribution is -0.384. The summed E-state index contributed by atoms with van der Waals surface area (Å²) in [7, 11) is 0. The SMILES string of the molecule is O=c1c2ccccc2[nH]c(=S)n1/N=C/c1cccc([N+](=O)[O-])c1. The van der Waals surface area contributed by atoms with Crippen LogP contribution in [0, 0.1) is 14.9 Å². The molecule has 0 aliphatic carbocycles. The Morgan fingerprint density at radius 2 is 2.00 bits per heavy atom. The fourth-order valence-corrected chi connectivity index (χ4v) is 2.34. The van der Waals surface area contributed by atoms with Crippen molar-refractivity contribution in [2.45, 2.75) is 0 Å². The number of nitro benzene ring substituents is 1. The molecule has 0 aliphatic rings. The molecule has 8 heteroatoms. The number of hydrogen-bond donors (Lipinski definition) is 1. The maximum Gasteiger partial charge on any atom is 0.282 e. The Bertz CT molecular complexity index is 1050. The largest absolute Gasteiger partial charge is 0.330 e. The number of rotatable bonds is 3. The van der Waals surface area contributed by atoms with E-state index in [1.807, 2.05) is 0 Å². The summed E-state index contributed by atoms with van der Waals surface area (Å²) in [5.74, 6) is 0. The summed E-state index contributed by atoms with van der Waals surface area (Å²) in [6, 6.07) is 12.9. The molecule has 0 saturated heterocycles. The van der Waals surface area contributed by atoms with Crippen molar-refractivity contribution >= 4 is 35.0 Å². The molecule has 0 unspecified atom stereocenters. The van der Waals surface area contributed by atoms with Crippen molar-refractivity contribution in [3.8, 4) is 0 Å². The Hall–Kier alpha value is -3.13. The van der Waals surface area contributed by atoms with Crippen LogP contribution in [-0.2, 0) is 0 Å². The number of nitrogens with one attached hydrogen (secondary N) is 1. The molecule has 3 aromatic rings. The molecular formula is C15H10N4O3S. The third-order valence-electron chi connectivity index (χ3n) is 3.19. The Morgan fingerprint density at radius 3 is 2.78 bits per heavy atom. The minimum Gasteiger partial charge on any atom is -0.330 e. The number of aromatic amines is 1. The van der Waals surface area contributed by atoms with Crippen LogP contribution in [0.5, 0.6) is 0 Å². The first-order valence-corrected chi connectivity index (χ1v) is 7.00. The van der Waals surface area contributed by atoms with Crippen LogP contribution >= 0.6 is 12.2 Å². The summed E-state index contributed by atoms with van der Waals surface area (Å²) in [6.45, 7) is 0. The quantitative estimate of drug-likeness (QED) is 0.346. The second kappa shape index (κ2) is 5.93. The molecule has 0 saturated carbocycles. The molecule has 0 spiro atoms. The first-order chi connectivity index (χ1) is 11.1. The molecule has 0 fully saturated rings. The van der Waals surface area contributed by atoms with Gasteiger partial charge in [0.1, 0.15) is 0 Å². The van der Waals surface area contributed by atoms with E-state index in [0.29, 0.717) is 16.5 Å². The lowest BCUT2D eigenvalue weighted by atomic mass is 10.2. The van der Waals surface area contributed by atoms with E-state index >= 15 is 0 Å². The van der Waals surface area contributed by atoms with E-state index in [1.165, 1.54) is 18.3 Å². The zero-order chi connectivity index (χ0) is 16.4. The molecule has 0 atom stereocenters. The summed E-state index contributed by atoms with van der Waals surface area (Å²) in [4.78, 5) is 25.6. The molecule has 7 nitrogen and oxygen atoms in total. The Kier molecular flexibility index (Phi) is 3.82. The van der Waals surface area contributed by atoms with Gasteiger partial charge < -0.3 is 4.98 Å². The fourth-order valence-electron chi connectivity index (χ4n) is 2.10. The highest BCUT2D eigenvalue weighted by Crippen LogP contribution is 2.11. The van der Waals surface area contributed by atoms with Gasteiger partial charge >= 0.3 is 0 Å². The number of aromatic nitrogens is 2. The number of benzene rings is 2. The van der Waals surface area contributed by atoms with E-state index in [9.17, 15) is 14.9 Å². The number of nitro groups is 1. The number of hydrogen-bond acceptors (Lipinski definition) is 5. The van der Waals surface area contributed by atoms with E-state index in [-0.39, 0.29) is 16.0 Å². The molecule has 114 valence electrons. The summed E-state index contributed by atoms with van der Waals surface area (Å²) < 4.78 is 1.20. The second-order valence-corrected chi connectivity index (χ2v) is 5.08. The number of fused-ring (bicyclic) bond motifs is 1. The van der Waals surface area contributed by atoms with Crippen molar-refractivity contribution in [1.82, 2.24) is 9.66 Å². The average molecular weight is 326 g/mol. The van der Waals surface area contributed by atoms with E-state index in [4.69, 9.17) is 12.2 Å². The number of H-pyrrole nitrogens is 1. The maximum atomic E-state index is 12.4. The highest BCUT2D eigenvalue weighted by molar-refractivity contribution is 7.71. The molecule has 0 bridgehead atoms. The minimum absolute atomic E-state index is 0.0510. The van der Waals surface area contributed by atoms with Crippen LogP contribution < -0.4 is 5.56 Å². The molecule has 1 heterocycles. The van der Waals surface area contributed by atoms with Gasteiger partial charge in [0.25, 0.3) is 11.2 Å². The Labute approximate surface area is 134 Å². The van der Waals surface area contributed by atoms with Gasteiger partial charge in [0.05, 0.1) is 22.0 Å². The average Bonchev–Trinajstić information content (AvgIpc) is 2.55. The van der Waals surface area contributed by atoms with Crippen molar-refractivity contribution in [3.05, 3.63) is 79.3 Å². The minimum atomic E-state index is -0.494. The van der Waals surface area contributed by atoms with Gasteiger partial charge in [-0.2, -0.15) is 9.78 Å². The number of para-hydroxylation sites is 1. The van der Waals surface area contributed by atoms with Crippen LogP contribution in [0.15, 0.2) is 58.4 Å². The molecule has 1 N–H and O–H groups in total. The fraction of sp³-hybridized carbons (Fsp3) is 0. The lowest BCUT2D eigenvalue weighted by Gasteiger charge is -2.02. The Balaban J connectivity index is 2.08. The first-order valence-electron chi connectivity index (χ1n) is 6.59. The zero-order valence-electron chi connectivity index (χ0n) is 11.7. The molecule has 1 aromatic heterocycles. The monoisotopic (exact) mass is 326 g/mol. The topological polar surface area (TPSA) is 93.3 Å². The van der Waals surface area contributed by atoms with E-state index in [1.54, 1.807) is 36.4 Å². The first kappa shape index (κ1) is 14.8. The highest BCUT2D eigenvalue weighted by Gasteiger charge is 2.06. The number of non-ortho nitro benzene ring substituents is 1. The van der Waals surface area contributed by atoms with Gasteiger partial charge in [0, 0.05) is 17.7 Å². The van der Waals surface area contributed by atoms with Crippen LogP contribution in [0.1, 0.15) is 5.56 Å². The van der Waals surface area contributed by atoms with Gasteiger partial charge in [0.15, 0.2) is 0 Å². The smallest absolute Gasteiger partial charge is 0.282 e. The Morgan fingerprint density at radius 1 is 1.22 bits per heavy atom. The molecule has 3 rings (SSSR count). The predicted octanol–water partition coefficient (Wildman–Crippen LogP) is 2.85. The third kappa shape index (κ3) is 2.92. The zero-order valence-corrected chi connectivity index (χ0v) is 12.5. The van der Waals surface area contributed by atoms with Crippen LogP contribution in [0.4, 0.5) is 5.69 Å². The standard InChI is InChI=1S/C15H10N4O3S/c20-14-12-6-1-2-7-13(12)17-15(23)18(14)16-9-10-4-3-5-11(8-10)19(21)22/h1-9H,(H,17,23)/b16-9+. The lowest BCUT2D eigenvalue weighted by Crippen LogP contribution is -2.18. The second-order valence-electron chi connectivity index (χ2n) is 4.69. The molecule has 0 radical (unpaired) electrons. The number of nitrogens with zero attached hydrogens (tertiary/aromatic N) is 3. The summed E-state index contributed by atoms with van der Waals surface area (Å²) >= 11 is 5.14. The van der Waals surface area contributed by atoms with Gasteiger partial charge in [-0.25, -0.2) is 0 Å². The van der Waals surface area contributed by atoms with Gasteiger partial charge in [-0.15, -0.1) is 0 Å². The predicted molar refractivity (Wildman–Crippen MR) is 89.5 cm³/mol. The van der Waals surface area contributed by atoms with Crippen LogP contribution in [0.25, 0.3) is 10.9 Å². The van der Waals surface area contributed by atoms with Crippen molar-refractivity contribution < 1.29 is 4.92 Å². The normalized spacial score (nSPS) is 11.1. The van der Waals surface area contributed by atoms with Gasteiger partial charge in [-0.1, -0.05) is 24.3 Å². The van der Waals surface area contributed by atoms with Crippen molar-refractivity contribution in [2.24, 2.45) is 5.10 Å². The van der Waals surface area contributed by atoms with Crippen LogP contribution in [-0.4, -0.2) is 20.8 Å². The molecule has 23 heavy (non-hydrogen) atoms. The highest BCUT2D eigenvalue weighted by atomic mass is 32.1. The summed E-state index contributed by atoms with van der Waals surface area (Å²) in [5, 5.41) is 15.3. The third-order valence-corrected chi connectivity index (χ3v) is 3.46. The van der Waals surface area contributed by atoms with Crippen molar-refractivity contribution in [3.63, 3.8) is 0 Å². The molecular weight excluding hydrogens is 316 g/mol. The summed E-state index contributed by atoms with van der Waals surface area (Å²) in [5.41, 5.74) is 0.717. The van der Waals surface area contributed by atoms with E-state index < -0.39 is 4.92 Å². The van der Waals surface area contributed by atoms with Gasteiger partial charge in [-0.05, 0) is 24.4 Å². The van der Waals surface area contributed by atoms with Gasteiger partial charge in [-0.3, -0.25) is 14.9 Å². The molecule has 2 aromatic carbocycles. The van der Waals surface area contributed by atoms with Crippen LogP contribution in [0.2, 0.25) is 0 Å². The summed E-state index contributed by atoms with van der Waals surface area (Å²) in [6.07, 6.45) is 1.35.